The zero-order chi connectivity index (χ0) is 16.8. The van der Waals surface area contributed by atoms with Crippen LogP contribution in [0.15, 0.2) is 18.2 Å². The Morgan fingerprint density at radius 2 is 2.00 bits per heavy atom. The first-order chi connectivity index (χ1) is 11.0. The van der Waals surface area contributed by atoms with E-state index in [0.29, 0.717) is 6.04 Å². The van der Waals surface area contributed by atoms with E-state index in [9.17, 15) is 19.3 Å². The summed E-state index contributed by atoms with van der Waals surface area (Å²) in [4.78, 5) is 24.4. The fourth-order valence-electron chi connectivity index (χ4n) is 3.01. The smallest absolute Gasteiger partial charge is 0.295 e. The van der Waals surface area contributed by atoms with E-state index in [2.05, 4.69) is 5.32 Å². The number of nitrogens with zero attached hydrogens (tertiary/aromatic N) is 2. The number of carbonyl (C=O) groups is 1. The molecule has 2 rings (SSSR count). The first-order valence-electron chi connectivity index (χ1n) is 7.91. The fourth-order valence-corrected chi connectivity index (χ4v) is 3.01. The van der Waals surface area contributed by atoms with Crippen molar-refractivity contribution in [1.82, 2.24) is 4.90 Å². The van der Waals surface area contributed by atoms with Gasteiger partial charge >= 0.3 is 0 Å². The van der Waals surface area contributed by atoms with Gasteiger partial charge in [0.05, 0.1) is 17.5 Å². The average Bonchev–Trinajstić information content (AvgIpc) is 2.78. The molecule has 1 aromatic rings. The second-order valence-corrected chi connectivity index (χ2v) is 6.03. The van der Waals surface area contributed by atoms with Crippen LogP contribution in [-0.2, 0) is 4.79 Å². The molecule has 1 amide bonds. The SMILES string of the molecule is CN(CC(=O)Nc1ccc(F)cc1[N+](=O)[O-])C1CCCCCC1. The van der Waals surface area contributed by atoms with Gasteiger partial charge in [-0.1, -0.05) is 25.7 Å². The van der Waals surface area contributed by atoms with Crippen molar-refractivity contribution in [3.63, 3.8) is 0 Å². The first kappa shape index (κ1) is 17.3. The number of hydrogen-bond acceptors (Lipinski definition) is 4. The quantitative estimate of drug-likeness (QED) is 0.512. The molecule has 1 saturated carbocycles. The Balaban J connectivity index is 1.97. The predicted molar refractivity (Wildman–Crippen MR) is 85.8 cm³/mol. The summed E-state index contributed by atoms with van der Waals surface area (Å²) in [6.07, 6.45) is 6.94. The van der Waals surface area contributed by atoms with Gasteiger partial charge < -0.3 is 5.32 Å². The third-order valence-electron chi connectivity index (χ3n) is 4.27. The molecule has 23 heavy (non-hydrogen) atoms. The number of amides is 1. The van der Waals surface area contributed by atoms with E-state index in [0.717, 1.165) is 25.0 Å². The van der Waals surface area contributed by atoms with Crippen molar-refractivity contribution in [3.05, 3.63) is 34.1 Å². The molecule has 0 aromatic heterocycles. The molecule has 1 aromatic carbocycles. The van der Waals surface area contributed by atoms with E-state index < -0.39 is 16.4 Å². The lowest BCUT2D eigenvalue weighted by atomic mass is 10.1. The number of likely N-dealkylation sites (N-methyl/N-ethyl adjacent to an activating group) is 1. The second-order valence-electron chi connectivity index (χ2n) is 6.03. The van der Waals surface area contributed by atoms with Crippen LogP contribution >= 0.6 is 0 Å². The molecular weight excluding hydrogens is 301 g/mol. The molecule has 1 aliphatic carbocycles. The van der Waals surface area contributed by atoms with Crippen LogP contribution in [0.25, 0.3) is 0 Å². The summed E-state index contributed by atoms with van der Waals surface area (Å²) in [5.41, 5.74) is -0.411. The molecule has 0 aliphatic heterocycles. The van der Waals surface area contributed by atoms with Crippen molar-refractivity contribution in [1.29, 1.82) is 0 Å². The number of halogens is 1. The van der Waals surface area contributed by atoms with E-state index in [1.165, 1.54) is 31.7 Å². The van der Waals surface area contributed by atoms with Gasteiger partial charge in [-0.25, -0.2) is 4.39 Å². The van der Waals surface area contributed by atoms with Gasteiger partial charge in [0.25, 0.3) is 5.69 Å². The van der Waals surface area contributed by atoms with Gasteiger partial charge in [-0.3, -0.25) is 19.8 Å². The monoisotopic (exact) mass is 323 g/mol. The Morgan fingerprint density at radius 3 is 2.61 bits per heavy atom. The van der Waals surface area contributed by atoms with Gasteiger partial charge in [0.15, 0.2) is 0 Å². The van der Waals surface area contributed by atoms with Gasteiger partial charge in [-0.2, -0.15) is 0 Å². The van der Waals surface area contributed by atoms with Crippen LogP contribution in [0.5, 0.6) is 0 Å². The Labute approximate surface area is 134 Å². The van der Waals surface area contributed by atoms with E-state index >= 15 is 0 Å². The first-order valence-corrected chi connectivity index (χ1v) is 7.91. The van der Waals surface area contributed by atoms with Gasteiger partial charge in [-0.15, -0.1) is 0 Å². The van der Waals surface area contributed by atoms with Gasteiger partial charge in [0.1, 0.15) is 11.5 Å². The molecule has 0 unspecified atom stereocenters. The molecule has 0 heterocycles. The summed E-state index contributed by atoms with van der Waals surface area (Å²) >= 11 is 0. The summed E-state index contributed by atoms with van der Waals surface area (Å²) < 4.78 is 13.1. The highest BCUT2D eigenvalue weighted by Crippen LogP contribution is 2.25. The Hall–Kier alpha value is -2.02. The number of nitrogens with one attached hydrogen (secondary N) is 1. The van der Waals surface area contributed by atoms with Gasteiger partial charge in [0.2, 0.25) is 5.91 Å². The van der Waals surface area contributed by atoms with Crippen LogP contribution in [0.3, 0.4) is 0 Å². The van der Waals surface area contributed by atoms with Crippen molar-refractivity contribution >= 4 is 17.3 Å². The summed E-state index contributed by atoms with van der Waals surface area (Å²) in [6.45, 7) is 0.166. The Bertz CT molecular complexity index is 572. The summed E-state index contributed by atoms with van der Waals surface area (Å²) in [6, 6.07) is 3.49. The standard InChI is InChI=1S/C16H22FN3O3/c1-19(13-6-4-2-3-5-7-13)11-16(21)18-14-9-8-12(17)10-15(14)20(22)23/h8-10,13H,2-7,11H2,1H3,(H,18,21). The minimum Gasteiger partial charge on any atom is -0.319 e. The normalized spacial score (nSPS) is 16.1. The summed E-state index contributed by atoms with van der Waals surface area (Å²) in [5, 5.41) is 13.5. The summed E-state index contributed by atoms with van der Waals surface area (Å²) in [5.74, 6) is -1.03. The number of nitro benzene ring substituents is 1. The Kier molecular flexibility index (Phi) is 6.04. The molecule has 6 nitrogen and oxygen atoms in total. The second kappa shape index (κ2) is 8.01. The highest BCUT2D eigenvalue weighted by Gasteiger charge is 2.21. The largest absolute Gasteiger partial charge is 0.319 e. The van der Waals surface area contributed by atoms with Crippen molar-refractivity contribution in [2.45, 2.75) is 44.6 Å². The number of hydrogen-bond donors (Lipinski definition) is 1. The lowest BCUT2D eigenvalue weighted by Crippen LogP contribution is -2.37. The molecule has 0 spiro atoms. The lowest BCUT2D eigenvalue weighted by Gasteiger charge is -2.26. The topological polar surface area (TPSA) is 75.5 Å². The number of benzene rings is 1. The van der Waals surface area contributed by atoms with Crippen molar-refractivity contribution in [2.75, 3.05) is 18.9 Å². The van der Waals surface area contributed by atoms with Crippen LogP contribution in [-0.4, -0.2) is 35.4 Å². The van der Waals surface area contributed by atoms with Crippen LogP contribution in [0, 0.1) is 15.9 Å². The van der Waals surface area contributed by atoms with Crippen molar-refractivity contribution < 1.29 is 14.1 Å². The van der Waals surface area contributed by atoms with E-state index in [1.807, 2.05) is 11.9 Å². The molecule has 0 atom stereocenters. The predicted octanol–water partition coefficient (Wildman–Crippen LogP) is 3.33. The minimum absolute atomic E-state index is 0.0238. The number of anilines is 1. The molecule has 126 valence electrons. The average molecular weight is 323 g/mol. The fraction of sp³-hybridized carbons (Fsp3) is 0.562. The minimum atomic E-state index is -0.703. The third-order valence-corrected chi connectivity index (χ3v) is 4.27. The van der Waals surface area contributed by atoms with E-state index in [-0.39, 0.29) is 18.1 Å². The van der Waals surface area contributed by atoms with E-state index in [1.54, 1.807) is 0 Å². The maximum Gasteiger partial charge on any atom is 0.295 e. The lowest BCUT2D eigenvalue weighted by molar-refractivity contribution is -0.384. The summed E-state index contributed by atoms with van der Waals surface area (Å²) in [7, 11) is 1.90. The maximum atomic E-state index is 13.1. The van der Waals surface area contributed by atoms with Crippen LogP contribution in [0.2, 0.25) is 0 Å². The third kappa shape index (κ3) is 4.99. The molecule has 0 bridgehead atoms. The van der Waals surface area contributed by atoms with Gasteiger partial charge in [0, 0.05) is 6.04 Å². The molecule has 7 heteroatoms. The number of rotatable bonds is 5. The zero-order valence-corrected chi connectivity index (χ0v) is 13.3. The molecular formula is C16H22FN3O3. The number of nitro groups is 1. The van der Waals surface area contributed by atoms with Crippen LogP contribution < -0.4 is 5.32 Å². The van der Waals surface area contributed by atoms with Crippen molar-refractivity contribution in [3.8, 4) is 0 Å². The molecule has 1 N–H and O–H groups in total. The van der Waals surface area contributed by atoms with E-state index in [4.69, 9.17) is 0 Å². The zero-order valence-electron chi connectivity index (χ0n) is 13.3. The molecule has 1 aliphatic rings. The molecule has 1 fully saturated rings. The van der Waals surface area contributed by atoms with Crippen molar-refractivity contribution in [2.24, 2.45) is 0 Å². The maximum absolute atomic E-state index is 13.1. The number of carbonyl (C=O) groups excluding carboxylic acids is 1. The molecule has 0 radical (unpaired) electrons. The van der Waals surface area contributed by atoms with Gasteiger partial charge in [-0.05, 0) is 32.0 Å². The Morgan fingerprint density at radius 1 is 1.35 bits per heavy atom. The highest BCUT2D eigenvalue weighted by molar-refractivity contribution is 5.94. The van der Waals surface area contributed by atoms with Crippen LogP contribution in [0.1, 0.15) is 38.5 Å². The molecule has 0 saturated heterocycles. The van der Waals surface area contributed by atoms with Crippen LogP contribution in [0.4, 0.5) is 15.8 Å². The highest BCUT2D eigenvalue weighted by atomic mass is 19.1.